The summed E-state index contributed by atoms with van der Waals surface area (Å²) < 4.78 is 5.23. The number of rotatable bonds is 3. The summed E-state index contributed by atoms with van der Waals surface area (Å²) in [6.45, 7) is 1.36. The van der Waals surface area contributed by atoms with Gasteiger partial charge in [0.1, 0.15) is 0 Å². The summed E-state index contributed by atoms with van der Waals surface area (Å²) in [4.78, 5) is 24.1. The lowest BCUT2D eigenvalue weighted by Gasteiger charge is -2.21. The van der Waals surface area contributed by atoms with Crippen molar-refractivity contribution in [2.75, 3.05) is 12.4 Å². The molecule has 6 heteroatoms. The molecule has 2 aromatic rings. The number of ether oxygens (including phenoxy) is 1. The Morgan fingerprint density at radius 3 is 2.44 bits per heavy atom. The van der Waals surface area contributed by atoms with Gasteiger partial charge in [-0.15, -0.1) is 0 Å². The van der Waals surface area contributed by atoms with Crippen LogP contribution < -0.4 is 16.0 Å². The van der Waals surface area contributed by atoms with Gasteiger partial charge in [0.15, 0.2) is 5.70 Å². The first-order valence-corrected chi connectivity index (χ1v) is 7.87. The molecule has 6 nitrogen and oxygen atoms in total. The van der Waals surface area contributed by atoms with E-state index in [-0.39, 0.29) is 29.4 Å². The molecular formula is C19H19N3O3. The third-order valence-electron chi connectivity index (χ3n) is 3.89. The number of carbonyl (C=O) groups excluding carboxylic acids is 2. The molecule has 128 valence electrons. The summed E-state index contributed by atoms with van der Waals surface area (Å²) in [5.41, 5.74) is 2.79. The highest BCUT2D eigenvalue weighted by Crippen LogP contribution is 2.32. The molecule has 1 aliphatic rings. The zero-order valence-corrected chi connectivity index (χ0v) is 14.0. The van der Waals surface area contributed by atoms with Gasteiger partial charge in [-0.05, 0) is 11.6 Å². The molecule has 1 aliphatic heterocycles. The Bertz CT molecular complexity index is 831. The van der Waals surface area contributed by atoms with E-state index in [4.69, 9.17) is 4.74 Å². The smallest absolute Gasteiger partial charge is 0.277 e. The van der Waals surface area contributed by atoms with Gasteiger partial charge in [-0.25, -0.2) is 0 Å². The van der Waals surface area contributed by atoms with Gasteiger partial charge in [0.25, 0.3) is 5.91 Å². The van der Waals surface area contributed by atoms with Crippen LogP contribution >= 0.6 is 0 Å². The number of benzene rings is 2. The summed E-state index contributed by atoms with van der Waals surface area (Å²) in [5, 5.41) is 8.64. The molecule has 0 aromatic heterocycles. The van der Waals surface area contributed by atoms with E-state index < -0.39 is 0 Å². The van der Waals surface area contributed by atoms with Crippen LogP contribution in [0.1, 0.15) is 24.1 Å². The fourth-order valence-electron chi connectivity index (χ4n) is 2.79. The molecule has 25 heavy (non-hydrogen) atoms. The second-order valence-electron chi connectivity index (χ2n) is 5.62. The Morgan fingerprint density at radius 2 is 1.76 bits per heavy atom. The second-order valence-corrected chi connectivity index (χ2v) is 5.62. The third-order valence-corrected chi connectivity index (χ3v) is 3.89. The van der Waals surface area contributed by atoms with E-state index in [2.05, 4.69) is 16.0 Å². The van der Waals surface area contributed by atoms with E-state index in [0.29, 0.717) is 5.69 Å². The van der Waals surface area contributed by atoms with E-state index in [0.717, 1.165) is 11.1 Å². The molecule has 1 atom stereocenters. The molecule has 3 rings (SSSR count). The Morgan fingerprint density at radius 1 is 1.08 bits per heavy atom. The minimum Gasteiger partial charge on any atom is -0.481 e. The van der Waals surface area contributed by atoms with E-state index in [1.165, 1.54) is 14.0 Å². The Labute approximate surface area is 145 Å². The van der Waals surface area contributed by atoms with Crippen LogP contribution in [0.4, 0.5) is 5.69 Å². The molecule has 0 saturated carbocycles. The highest BCUT2D eigenvalue weighted by molar-refractivity contribution is 6.05. The number of nitrogens with one attached hydrogen (secondary N) is 3. The van der Waals surface area contributed by atoms with Crippen LogP contribution in [-0.2, 0) is 14.3 Å². The number of para-hydroxylation sites is 1. The first-order chi connectivity index (χ1) is 12.1. The van der Waals surface area contributed by atoms with Crippen LogP contribution in [0.3, 0.4) is 0 Å². The molecular weight excluding hydrogens is 318 g/mol. The highest BCUT2D eigenvalue weighted by Gasteiger charge is 2.29. The van der Waals surface area contributed by atoms with E-state index in [1.54, 1.807) is 0 Å². The van der Waals surface area contributed by atoms with Crippen molar-refractivity contribution in [3.05, 3.63) is 77.3 Å². The van der Waals surface area contributed by atoms with Gasteiger partial charge in [-0.1, -0.05) is 48.5 Å². The molecule has 0 aliphatic carbocycles. The topological polar surface area (TPSA) is 79.5 Å². The highest BCUT2D eigenvalue weighted by atomic mass is 16.5. The third kappa shape index (κ3) is 3.47. The monoisotopic (exact) mass is 337 g/mol. The number of amides is 2. The van der Waals surface area contributed by atoms with Crippen molar-refractivity contribution in [1.29, 1.82) is 0 Å². The maximum absolute atomic E-state index is 12.7. The van der Waals surface area contributed by atoms with Gasteiger partial charge in [0.05, 0.1) is 13.2 Å². The fraction of sp³-hybridized carbons (Fsp3) is 0.158. The normalized spacial score (nSPS) is 18.2. The second kappa shape index (κ2) is 7.09. The lowest BCUT2D eigenvalue weighted by atomic mass is 9.97. The Kier molecular flexibility index (Phi) is 4.70. The molecule has 2 aromatic carbocycles. The lowest BCUT2D eigenvalue weighted by molar-refractivity contribution is -0.119. The maximum atomic E-state index is 12.7. The summed E-state index contributed by atoms with van der Waals surface area (Å²) in [5.74, 6) is -0.618. The quantitative estimate of drug-likeness (QED) is 0.593. The molecule has 2 amide bonds. The molecule has 0 bridgehead atoms. The number of fused-ring (bicyclic) bond motifs is 1. The predicted molar refractivity (Wildman–Crippen MR) is 94.3 cm³/mol. The molecule has 0 saturated heterocycles. The van der Waals surface area contributed by atoms with Crippen molar-refractivity contribution in [3.8, 4) is 0 Å². The summed E-state index contributed by atoms with van der Waals surface area (Å²) in [6, 6.07) is 17.1. The van der Waals surface area contributed by atoms with E-state index in [9.17, 15) is 9.59 Å². The molecule has 3 N–H and O–H groups in total. The molecule has 0 spiro atoms. The van der Waals surface area contributed by atoms with Crippen molar-refractivity contribution < 1.29 is 14.3 Å². The fourth-order valence-corrected chi connectivity index (χ4v) is 2.79. The first-order valence-electron chi connectivity index (χ1n) is 7.87. The van der Waals surface area contributed by atoms with Crippen LogP contribution in [-0.4, -0.2) is 18.9 Å². The molecule has 0 unspecified atom stereocenters. The number of hydrogen-bond acceptors (Lipinski definition) is 4. The number of methoxy groups -OCH3 is 1. The zero-order valence-electron chi connectivity index (χ0n) is 14.0. The van der Waals surface area contributed by atoms with Gasteiger partial charge in [0.2, 0.25) is 11.8 Å². The van der Waals surface area contributed by atoms with Gasteiger partial charge in [0, 0.05) is 18.2 Å². The number of anilines is 1. The zero-order chi connectivity index (χ0) is 17.8. The largest absolute Gasteiger partial charge is 0.481 e. The van der Waals surface area contributed by atoms with Crippen LogP contribution in [0.5, 0.6) is 0 Å². The SMILES string of the molecule is CO/C(NC(C)=O)=C1\N[C@H](c2ccccc2)c2ccccc2NC1=O. The van der Waals surface area contributed by atoms with Gasteiger partial charge in [-0.2, -0.15) is 0 Å². The standard InChI is InChI=1S/C19H19N3O3/c1-12(23)20-19(25-2)17-18(24)21-15-11-7-6-10-14(15)16(22-17)13-8-4-3-5-9-13/h3-11,16,22H,1-2H3,(H,20,23)(H,21,24)/b19-17-/t16-/m1/s1. The predicted octanol–water partition coefficient (Wildman–Crippen LogP) is 2.27. The van der Waals surface area contributed by atoms with E-state index >= 15 is 0 Å². The summed E-state index contributed by atoms with van der Waals surface area (Å²) >= 11 is 0. The average molecular weight is 337 g/mol. The molecule has 1 heterocycles. The molecule has 0 fully saturated rings. The molecule has 0 radical (unpaired) electrons. The van der Waals surface area contributed by atoms with Crippen LogP contribution in [0.2, 0.25) is 0 Å². The van der Waals surface area contributed by atoms with Crippen molar-refractivity contribution >= 4 is 17.5 Å². The van der Waals surface area contributed by atoms with Crippen molar-refractivity contribution in [2.24, 2.45) is 0 Å². The maximum Gasteiger partial charge on any atom is 0.277 e. The first kappa shape index (κ1) is 16.6. The van der Waals surface area contributed by atoms with Crippen LogP contribution in [0.15, 0.2) is 66.2 Å². The van der Waals surface area contributed by atoms with E-state index in [1.807, 2.05) is 54.6 Å². The van der Waals surface area contributed by atoms with Crippen molar-refractivity contribution in [3.63, 3.8) is 0 Å². The Hall–Kier alpha value is -3.28. The number of hydrogen-bond donors (Lipinski definition) is 3. The van der Waals surface area contributed by atoms with Crippen LogP contribution in [0, 0.1) is 0 Å². The van der Waals surface area contributed by atoms with Gasteiger partial charge < -0.3 is 15.4 Å². The summed E-state index contributed by atoms with van der Waals surface area (Å²) in [6.07, 6.45) is 0. The summed E-state index contributed by atoms with van der Waals surface area (Å²) in [7, 11) is 1.41. The lowest BCUT2D eigenvalue weighted by Crippen LogP contribution is -2.33. The minimum atomic E-state index is -0.378. The number of carbonyl (C=O) groups is 2. The van der Waals surface area contributed by atoms with Gasteiger partial charge in [-0.3, -0.25) is 14.9 Å². The van der Waals surface area contributed by atoms with Gasteiger partial charge >= 0.3 is 0 Å². The van der Waals surface area contributed by atoms with Crippen LogP contribution in [0.25, 0.3) is 0 Å². The van der Waals surface area contributed by atoms with Crippen molar-refractivity contribution in [1.82, 2.24) is 10.6 Å². The average Bonchev–Trinajstić information content (AvgIpc) is 2.76. The van der Waals surface area contributed by atoms with Crippen molar-refractivity contribution in [2.45, 2.75) is 13.0 Å². The minimum absolute atomic E-state index is 0.0822. The Balaban J connectivity index is 2.13.